The molecule has 3 aliphatic rings. The number of benzene rings is 1. The summed E-state index contributed by atoms with van der Waals surface area (Å²) in [4.78, 5) is 23.3. The Balaban J connectivity index is 1.48. The van der Waals surface area contributed by atoms with Gasteiger partial charge >= 0.3 is 12.0 Å². The Bertz CT molecular complexity index is 748. The van der Waals surface area contributed by atoms with Gasteiger partial charge in [-0.2, -0.15) is 0 Å². The molecule has 4 rings (SSSR count). The molecule has 152 valence electrons. The molecule has 1 aromatic carbocycles. The second-order valence-electron chi connectivity index (χ2n) is 7.83. The molecule has 2 amide bonds. The zero-order valence-electron chi connectivity index (χ0n) is 15.6. The lowest BCUT2D eigenvalue weighted by Gasteiger charge is -2.36. The fourth-order valence-corrected chi connectivity index (χ4v) is 4.58. The molecule has 0 spiro atoms. The molecular formula is C20H26N2O6. The van der Waals surface area contributed by atoms with Gasteiger partial charge in [-0.3, -0.25) is 4.79 Å². The summed E-state index contributed by atoms with van der Waals surface area (Å²) >= 11 is 0. The Labute approximate surface area is 163 Å². The van der Waals surface area contributed by atoms with E-state index in [1.165, 1.54) is 0 Å². The molecule has 0 bridgehead atoms. The predicted octanol–water partition coefficient (Wildman–Crippen LogP) is 2.22. The van der Waals surface area contributed by atoms with Crippen LogP contribution >= 0.6 is 0 Å². The molecule has 8 nitrogen and oxygen atoms in total. The van der Waals surface area contributed by atoms with E-state index in [9.17, 15) is 14.7 Å². The van der Waals surface area contributed by atoms with E-state index in [2.05, 4.69) is 10.6 Å². The minimum Gasteiger partial charge on any atom is -0.487 e. The van der Waals surface area contributed by atoms with Crippen LogP contribution in [0.4, 0.5) is 10.5 Å². The van der Waals surface area contributed by atoms with Crippen molar-refractivity contribution in [2.24, 2.45) is 0 Å². The van der Waals surface area contributed by atoms with E-state index in [1.54, 1.807) is 12.1 Å². The average molecular weight is 390 g/mol. The first-order valence-electron chi connectivity index (χ1n) is 9.89. The molecular weight excluding hydrogens is 364 g/mol. The maximum Gasteiger partial charge on any atom is 0.319 e. The largest absolute Gasteiger partial charge is 0.487 e. The zero-order chi connectivity index (χ0) is 19.7. The van der Waals surface area contributed by atoms with E-state index in [-0.39, 0.29) is 37.1 Å². The molecule has 4 atom stereocenters. The molecule has 1 aliphatic carbocycles. The number of ether oxygens (including phenoxy) is 2. The summed E-state index contributed by atoms with van der Waals surface area (Å²) < 4.78 is 11.7. The molecule has 2 aliphatic heterocycles. The quantitative estimate of drug-likeness (QED) is 0.612. The van der Waals surface area contributed by atoms with Crippen LogP contribution in [0.15, 0.2) is 18.2 Å². The molecule has 4 N–H and O–H groups in total. The standard InChI is InChI=1S/C20H26N2O6/c23-10-17-19-15(8-13(27-17)9-18(24)25)14-7-12(5-6-16(14)28-19)22-20(26)21-11-3-1-2-4-11/h5-7,11,13,15,17,19,23H,1-4,8-10H2,(H,24,25)(H2,21,22,26)/t13-,15-,17-,19+/m1/s1. The minimum atomic E-state index is -0.932. The third-order valence-electron chi connectivity index (χ3n) is 5.85. The van der Waals surface area contributed by atoms with Crippen molar-refractivity contribution >= 4 is 17.7 Å². The fraction of sp³-hybridized carbons (Fsp3) is 0.600. The first-order valence-corrected chi connectivity index (χ1v) is 9.89. The van der Waals surface area contributed by atoms with Gasteiger partial charge in [-0.05, 0) is 37.5 Å². The van der Waals surface area contributed by atoms with Crippen molar-refractivity contribution in [3.8, 4) is 5.75 Å². The monoisotopic (exact) mass is 390 g/mol. The number of carbonyl (C=O) groups excluding carboxylic acids is 1. The molecule has 0 unspecified atom stereocenters. The number of rotatable bonds is 5. The number of aliphatic hydroxyl groups excluding tert-OH is 1. The summed E-state index contributed by atoms with van der Waals surface area (Å²) in [6.07, 6.45) is 3.31. The van der Waals surface area contributed by atoms with E-state index in [0.29, 0.717) is 17.9 Å². The highest BCUT2D eigenvalue weighted by Gasteiger charge is 2.46. The zero-order valence-corrected chi connectivity index (χ0v) is 15.6. The van der Waals surface area contributed by atoms with E-state index in [0.717, 1.165) is 31.2 Å². The van der Waals surface area contributed by atoms with Gasteiger partial charge in [-0.25, -0.2) is 4.79 Å². The lowest BCUT2D eigenvalue weighted by molar-refractivity contribution is -0.153. The Morgan fingerprint density at radius 3 is 2.71 bits per heavy atom. The van der Waals surface area contributed by atoms with Crippen LogP contribution in [0.1, 0.15) is 50.0 Å². The van der Waals surface area contributed by atoms with Crippen LogP contribution in [0.2, 0.25) is 0 Å². The van der Waals surface area contributed by atoms with Crippen LogP contribution in [0.5, 0.6) is 5.75 Å². The van der Waals surface area contributed by atoms with E-state index in [1.807, 2.05) is 6.07 Å². The maximum absolute atomic E-state index is 12.3. The highest BCUT2D eigenvalue weighted by atomic mass is 16.6. The number of hydrogen-bond acceptors (Lipinski definition) is 5. The average Bonchev–Trinajstić information content (AvgIpc) is 3.28. The first kappa shape index (κ1) is 19.0. The highest BCUT2D eigenvalue weighted by molar-refractivity contribution is 5.89. The second kappa shape index (κ2) is 7.97. The molecule has 1 saturated heterocycles. The summed E-state index contributed by atoms with van der Waals surface area (Å²) in [7, 11) is 0. The Morgan fingerprint density at radius 1 is 1.21 bits per heavy atom. The number of amides is 2. The number of aliphatic hydroxyl groups is 1. The normalized spacial score (nSPS) is 28.9. The summed E-state index contributed by atoms with van der Waals surface area (Å²) in [5.74, 6) is -0.321. The second-order valence-corrected chi connectivity index (χ2v) is 7.83. The van der Waals surface area contributed by atoms with Crippen LogP contribution in [0, 0.1) is 0 Å². The van der Waals surface area contributed by atoms with Crippen LogP contribution in [-0.4, -0.2) is 53.2 Å². The highest BCUT2D eigenvalue weighted by Crippen LogP contribution is 2.47. The third-order valence-corrected chi connectivity index (χ3v) is 5.85. The minimum absolute atomic E-state index is 0.0788. The summed E-state index contributed by atoms with van der Waals surface area (Å²) in [6, 6.07) is 5.49. The van der Waals surface area contributed by atoms with Crippen molar-refractivity contribution in [1.29, 1.82) is 0 Å². The molecule has 2 heterocycles. The van der Waals surface area contributed by atoms with Gasteiger partial charge in [0.05, 0.1) is 19.1 Å². The number of carboxylic acid groups (broad SMARTS) is 1. The van der Waals surface area contributed by atoms with E-state index >= 15 is 0 Å². The van der Waals surface area contributed by atoms with Crippen molar-refractivity contribution in [2.75, 3.05) is 11.9 Å². The smallest absolute Gasteiger partial charge is 0.319 e. The van der Waals surface area contributed by atoms with Crippen molar-refractivity contribution in [1.82, 2.24) is 5.32 Å². The summed E-state index contributed by atoms with van der Waals surface area (Å²) in [5, 5.41) is 24.6. The van der Waals surface area contributed by atoms with Gasteiger partial charge in [0, 0.05) is 23.2 Å². The number of urea groups is 1. The van der Waals surface area contributed by atoms with Gasteiger partial charge in [0.25, 0.3) is 0 Å². The van der Waals surface area contributed by atoms with Gasteiger partial charge in [-0.15, -0.1) is 0 Å². The molecule has 1 saturated carbocycles. The molecule has 0 aromatic heterocycles. The van der Waals surface area contributed by atoms with E-state index < -0.39 is 18.2 Å². The number of nitrogens with one attached hydrogen (secondary N) is 2. The molecule has 1 aromatic rings. The van der Waals surface area contributed by atoms with Crippen molar-refractivity contribution in [3.05, 3.63) is 23.8 Å². The van der Waals surface area contributed by atoms with E-state index in [4.69, 9.17) is 14.6 Å². The molecule has 2 fully saturated rings. The van der Waals surface area contributed by atoms with Crippen LogP contribution in [0.25, 0.3) is 0 Å². The Morgan fingerprint density at radius 2 is 2.00 bits per heavy atom. The summed E-state index contributed by atoms with van der Waals surface area (Å²) in [5.41, 5.74) is 1.58. The van der Waals surface area contributed by atoms with Gasteiger partial charge in [-0.1, -0.05) is 12.8 Å². The number of carbonyl (C=O) groups is 2. The predicted molar refractivity (Wildman–Crippen MR) is 101 cm³/mol. The molecule has 8 heteroatoms. The van der Waals surface area contributed by atoms with Crippen molar-refractivity contribution < 1.29 is 29.3 Å². The SMILES string of the molecule is O=C(O)C[C@H]1C[C@@H]2c3cc(NC(=O)NC4CCCC4)ccc3O[C@@H]2[C@@H](CO)O1. The van der Waals surface area contributed by atoms with Gasteiger partial charge in [0.15, 0.2) is 0 Å². The summed E-state index contributed by atoms with van der Waals surface area (Å²) in [6.45, 7) is -0.236. The third kappa shape index (κ3) is 3.93. The maximum atomic E-state index is 12.3. The molecule has 28 heavy (non-hydrogen) atoms. The number of aliphatic carboxylic acids is 1. The lowest BCUT2D eigenvalue weighted by Crippen LogP contribution is -2.46. The number of carboxylic acids is 1. The van der Waals surface area contributed by atoms with Gasteiger partial charge in [0.2, 0.25) is 0 Å². The lowest BCUT2D eigenvalue weighted by atomic mass is 9.84. The topological polar surface area (TPSA) is 117 Å². The Kier molecular flexibility index (Phi) is 5.41. The Hall–Kier alpha value is -2.32. The van der Waals surface area contributed by atoms with Crippen LogP contribution in [-0.2, 0) is 9.53 Å². The van der Waals surface area contributed by atoms with Crippen LogP contribution < -0.4 is 15.4 Å². The number of fused-ring (bicyclic) bond motifs is 3. The van der Waals surface area contributed by atoms with Crippen molar-refractivity contribution in [2.45, 2.75) is 68.8 Å². The van der Waals surface area contributed by atoms with Crippen molar-refractivity contribution in [3.63, 3.8) is 0 Å². The number of hydrogen-bond donors (Lipinski definition) is 4. The van der Waals surface area contributed by atoms with Gasteiger partial charge in [0.1, 0.15) is 18.0 Å². The van der Waals surface area contributed by atoms with Crippen LogP contribution in [0.3, 0.4) is 0 Å². The van der Waals surface area contributed by atoms with Gasteiger partial charge < -0.3 is 30.3 Å². The fourth-order valence-electron chi connectivity index (χ4n) is 4.58. The molecule has 0 radical (unpaired) electrons. The number of anilines is 1. The first-order chi connectivity index (χ1) is 13.5.